The standard InChI is InChI=1S/C13H11ClN2O2S/c14-11-3-1-9(2-4-11)7-12(17)15-16-13(18)10-5-6-19-8-10/h1-6,8H,7H2,(H,15,17)(H,16,18). The van der Waals surface area contributed by atoms with E-state index < -0.39 is 0 Å². The van der Waals surface area contributed by atoms with Gasteiger partial charge in [-0.15, -0.1) is 0 Å². The molecular formula is C13H11ClN2O2S. The highest BCUT2D eigenvalue weighted by Gasteiger charge is 2.07. The molecule has 0 aliphatic rings. The van der Waals surface area contributed by atoms with Crippen LogP contribution in [0.15, 0.2) is 41.1 Å². The van der Waals surface area contributed by atoms with Crippen molar-refractivity contribution in [2.45, 2.75) is 6.42 Å². The smallest absolute Gasteiger partial charge is 0.270 e. The average molecular weight is 295 g/mol. The summed E-state index contributed by atoms with van der Waals surface area (Å²) < 4.78 is 0. The summed E-state index contributed by atoms with van der Waals surface area (Å²) in [6.07, 6.45) is 0.182. The molecule has 0 radical (unpaired) electrons. The number of hydrazine groups is 1. The number of rotatable bonds is 3. The van der Waals surface area contributed by atoms with Crippen LogP contribution in [0.25, 0.3) is 0 Å². The van der Waals surface area contributed by atoms with Crippen LogP contribution in [0.1, 0.15) is 15.9 Å². The van der Waals surface area contributed by atoms with Gasteiger partial charge in [0, 0.05) is 10.4 Å². The molecule has 0 unspecified atom stereocenters. The topological polar surface area (TPSA) is 58.2 Å². The van der Waals surface area contributed by atoms with Crippen molar-refractivity contribution in [2.75, 3.05) is 0 Å². The van der Waals surface area contributed by atoms with Crippen LogP contribution in [0, 0.1) is 0 Å². The summed E-state index contributed by atoms with van der Waals surface area (Å²) in [4.78, 5) is 23.2. The van der Waals surface area contributed by atoms with Crippen LogP contribution in [0.5, 0.6) is 0 Å². The van der Waals surface area contributed by atoms with Gasteiger partial charge in [0.15, 0.2) is 0 Å². The van der Waals surface area contributed by atoms with Gasteiger partial charge in [-0.2, -0.15) is 11.3 Å². The molecule has 4 nitrogen and oxygen atoms in total. The van der Waals surface area contributed by atoms with E-state index in [2.05, 4.69) is 10.9 Å². The first kappa shape index (κ1) is 13.6. The van der Waals surface area contributed by atoms with Gasteiger partial charge in [-0.3, -0.25) is 20.4 Å². The molecule has 0 spiro atoms. The molecule has 0 aliphatic heterocycles. The van der Waals surface area contributed by atoms with Crippen LogP contribution in [0.4, 0.5) is 0 Å². The largest absolute Gasteiger partial charge is 0.273 e. The van der Waals surface area contributed by atoms with Gasteiger partial charge in [0.1, 0.15) is 0 Å². The van der Waals surface area contributed by atoms with E-state index in [9.17, 15) is 9.59 Å². The Morgan fingerprint density at radius 2 is 1.84 bits per heavy atom. The number of nitrogens with one attached hydrogen (secondary N) is 2. The maximum Gasteiger partial charge on any atom is 0.270 e. The van der Waals surface area contributed by atoms with E-state index in [-0.39, 0.29) is 18.2 Å². The second-order valence-corrected chi connectivity index (χ2v) is 5.03. The fraction of sp³-hybridized carbons (Fsp3) is 0.0769. The highest BCUT2D eigenvalue weighted by Crippen LogP contribution is 2.09. The Kier molecular flexibility index (Phi) is 4.54. The van der Waals surface area contributed by atoms with Crippen molar-refractivity contribution in [1.82, 2.24) is 10.9 Å². The van der Waals surface area contributed by atoms with Gasteiger partial charge < -0.3 is 0 Å². The summed E-state index contributed by atoms with van der Waals surface area (Å²) in [5.41, 5.74) is 6.08. The lowest BCUT2D eigenvalue weighted by molar-refractivity contribution is -0.121. The van der Waals surface area contributed by atoms with Crippen LogP contribution in [0.2, 0.25) is 5.02 Å². The van der Waals surface area contributed by atoms with Crippen molar-refractivity contribution in [3.05, 3.63) is 57.2 Å². The summed E-state index contributed by atoms with van der Waals surface area (Å²) in [6, 6.07) is 8.65. The number of carbonyl (C=O) groups excluding carboxylic acids is 2. The number of halogens is 1. The van der Waals surface area contributed by atoms with Crippen molar-refractivity contribution < 1.29 is 9.59 Å². The molecule has 2 N–H and O–H groups in total. The van der Waals surface area contributed by atoms with Gasteiger partial charge in [0.25, 0.3) is 5.91 Å². The molecule has 2 aromatic rings. The molecule has 19 heavy (non-hydrogen) atoms. The normalized spacial score (nSPS) is 9.95. The molecule has 0 fully saturated rings. The van der Waals surface area contributed by atoms with Crippen LogP contribution in [-0.2, 0) is 11.2 Å². The molecule has 2 rings (SSSR count). The van der Waals surface area contributed by atoms with Gasteiger partial charge >= 0.3 is 0 Å². The summed E-state index contributed by atoms with van der Waals surface area (Å²) in [6.45, 7) is 0. The predicted molar refractivity (Wildman–Crippen MR) is 75.1 cm³/mol. The Labute approximate surface area is 119 Å². The molecule has 0 bridgehead atoms. The Balaban J connectivity index is 1.82. The van der Waals surface area contributed by atoms with Crippen molar-refractivity contribution in [3.8, 4) is 0 Å². The predicted octanol–water partition coefficient (Wildman–Crippen LogP) is 2.41. The molecular weight excluding hydrogens is 284 g/mol. The van der Waals surface area contributed by atoms with E-state index in [1.54, 1.807) is 41.1 Å². The van der Waals surface area contributed by atoms with E-state index in [0.717, 1.165) is 5.56 Å². The zero-order valence-corrected chi connectivity index (χ0v) is 11.4. The van der Waals surface area contributed by atoms with Crippen LogP contribution in [-0.4, -0.2) is 11.8 Å². The number of hydrogen-bond donors (Lipinski definition) is 2. The first-order valence-electron chi connectivity index (χ1n) is 5.51. The van der Waals surface area contributed by atoms with Gasteiger partial charge in [-0.1, -0.05) is 23.7 Å². The lowest BCUT2D eigenvalue weighted by atomic mass is 10.1. The van der Waals surface area contributed by atoms with Gasteiger partial charge in [-0.25, -0.2) is 0 Å². The minimum atomic E-state index is -0.328. The minimum Gasteiger partial charge on any atom is -0.273 e. The molecule has 0 aliphatic carbocycles. The van der Waals surface area contributed by atoms with Gasteiger partial charge in [0.2, 0.25) is 5.91 Å². The fourth-order valence-electron chi connectivity index (χ4n) is 1.42. The Morgan fingerprint density at radius 1 is 1.11 bits per heavy atom. The van der Waals surface area contributed by atoms with Gasteiger partial charge in [-0.05, 0) is 29.1 Å². The number of thiophene rings is 1. The number of benzene rings is 1. The average Bonchev–Trinajstić information content (AvgIpc) is 2.93. The summed E-state index contributed by atoms with van der Waals surface area (Å²) in [5, 5.41) is 4.13. The second-order valence-electron chi connectivity index (χ2n) is 3.82. The summed E-state index contributed by atoms with van der Waals surface area (Å²) >= 11 is 7.17. The number of carbonyl (C=O) groups is 2. The minimum absolute atomic E-state index is 0.182. The number of amides is 2. The molecule has 1 aromatic carbocycles. The van der Waals surface area contributed by atoms with E-state index in [1.807, 2.05) is 0 Å². The SMILES string of the molecule is O=C(Cc1ccc(Cl)cc1)NNC(=O)c1ccsc1. The Bertz CT molecular complexity index is 567. The third kappa shape index (κ3) is 4.08. The third-order valence-electron chi connectivity index (χ3n) is 2.38. The monoisotopic (exact) mass is 294 g/mol. The lowest BCUT2D eigenvalue weighted by Gasteiger charge is -2.06. The highest BCUT2D eigenvalue weighted by atomic mass is 35.5. The molecule has 6 heteroatoms. The second kappa shape index (κ2) is 6.36. The lowest BCUT2D eigenvalue weighted by Crippen LogP contribution is -2.42. The molecule has 2 amide bonds. The molecule has 98 valence electrons. The fourth-order valence-corrected chi connectivity index (χ4v) is 2.19. The summed E-state index contributed by atoms with van der Waals surface area (Å²) in [5.74, 6) is -0.614. The first-order chi connectivity index (χ1) is 9.15. The van der Waals surface area contributed by atoms with E-state index in [4.69, 9.17) is 11.6 Å². The summed E-state index contributed by atoms with van der Waals surface area (Å²) in [7, 11) is 0. The van der Waals surface area contributed by atoms with E-state index >= 15 is 0 Å². The van der Waals surface area contributed by atoms with Gasteiger partial charge in [0.05, 0.1) is 12.0 Å². The maximum absolute atomic E-state index is 11.6. The Morgan fingerprint density at radius 3 is 2.47 bits per heavy atom. The molecule has 0 saturated heterocycles. The van der Waals surface area contributed by atoms with Crippen LogP contribution in [0.3, 0.4) is 0 Å². The molecule has 1 heterocycles. The molecule has 0 saturated carbocycles. The first-order valence-corrected chi connectivity index (χ1v) is 6.83. The zero-order chi connectivity index (χ0) is 13.7. The van der Waals surface area contributed by atoms with E-state index in [0.29, 0.717) is 10.6 Å². The third-order valence-corrected chi connectivity index (χ3v) is 3.31. The van der Waals surface area contributed by atoms with Crippen molar-refractivity contribution in [2.24, 2.45) is 0 Å². The molecule has 0 atom stereocenters. The van der Waals surface area contributed by atoms with Crippen LogP contribution < -0.4 is 10.9 Å². The number of hydrogen-bond acceptors (Lipinski definition) is 3. The van der Waals surface area contributed by atoms with Crippen LogP contribution >= 0.6 is 22.9 Å². The molecule has 1 aromatic heterocycles. The van der Waals surface area contributed by atoms with Crippen molar-refractivity contribution in [3.63, 3.8) is 0 Å². The quantitative estimate of drug-likeness (QED) is 0.854. The zero-order valence-electron chi connectivity index (χ0n) is 9.85. The highest BCUT2D eigenvalue weighted by molar-refractivity contribution is 7.08. The van der Waals surface area contributed by atoms with Crippen molar-refractivity contribution in [1.29, 1.82) is 0 Å². The van der Waals surface area contributed by atoms with E-state index in [1.165, 1.54) is 11.3 Å². The Hall–Kier alpha value is -1.85. The maximum atomic E-state index is 11.6. The van der Waals surface area contributed by atoms with Crippen molar-refractivity contribution >= 4 is 34.8 Å².